The molecule has 0 radical (unpaired) electrons. The van der Waals surface area contributed by atoms with Crippen LogP contribution in [0.1, 0.15) is 24.8 Å². The van der Waals surface area contributed by atoms with Gasteiger partial charge in [0.1, 0.15) is 5.54 Å². The molecule has 2 rings (SSSR count). The van der Waals surface area contributed by atoms with Crippen LogP contribution < -0.4 is 0 Å². The van der Waals surface area contributed by atoms with Crippen molar-refractivity contribution >= 4 is 6.08 Å². The molecule has 1 aliphatic rings. The van der Waals surface area contributed by atoms with Gasteiger partial charge in [0.2, 0.25) is 6.08 Å². The number of halogens is 4. The fourth-order valence-corrected chi connectivity index (χ4v) is 2.00. The first-order chi connectivity index (χ1) is 8.02. The van der Waals surface area contributed by atoms with Gasteiger partial charge in [-0.2, -0.15) is 4.99 Å². The Morgan fingerprint density at radius 2 is 1.65 bits per heavy atom. The van der Waals surface area contributed by atoms with Gasteiger partial charge in [0.05, 0.1) is 5.56 Å². The van der Waals surface area contributed by atoms with E-state index in [1.54, 1.807) is 0 Å². The quantitative estimate of drug-likeness (QED) is 0.341. The third-order valence-corrected chi connectivity index (χ3v) is 3.02. The molecule has 1 aromatic rings. The number of hydrogen-bond donors (Lipinski definition) is 0. The van der Waals surface area contributed by atoms with Crippen molar-refractivity contribution in [2.75, 3.05) is 0 Å². The topological polar surface area (TPSA) is 29.4 Å². The molecule has 0 spiro atoms. The van der Waals surface area contributed by atoms with E-state index in [1.165, 1.54) is 6.08 Å². The highest BCUT2D eigenvalue weighted by Crippen LogP contribution is 2.47. The number of aliphatic imine (C=N–C) groups is 1. The lowest BCUT2D eigenvalue weighted by atomic mass is 9.72. The Kier molecular flexibility index (Phi) is 2.75. The fraction of sp³-hybridized carbons (Fsp3) is 0.364. The molecule has 0 N–H and O–H groups in total. The Labute approximate surface area is 94.0 Å². The fourth-order valence-electron chi connectivity index (χ4n) is 2.00. The van der Waals surface area contributed by atoms with Crippen LogP contribution in [-0.2, 0) is 10.3 Å². The lowest BCUT2D eigenvalue weighted by molar-refractivity contribution is 0.231. The zero-order valence-electron chi connectivity index (χ0n) is 8.57. The van der Waals surface area contributed by atoms with Gasteiger partial charge in [-0.15, -0.1) is 0 Å². The summed E-state index contributed by atoms with van der Waals surface area (Å²) in [6.07, 6.45) is 2.10. The zero-order chi connectivity index (χ0) is 12.6. The molecule has 17 heavy (non-hydrogen) atoms. The van der Waals surface area contributed by atoms with Crippen LogP contribution in [0.5, 0.6) is 0 Å². The average molecular weight is 245 g/mol. The van der Waals surface area contributed by atoms with Crippen LogP contribution in [0.3, 0.4) is 0 Å². The standard InChI is InChI=1S/C11H7F4NO/c12-6-4-7(13)10(15)8(9(6)14)11(16-5-17)2-1-3-11/h4H,1-3H2. The zero-order valence-corrected chi connectivity index (χ0v) is 8.57. The van der Waals surface area contributed by atoms with Gasteiger partial charge in [0.25, 0.3) is 0 Å². The van der Waals surface area contributed by atoms with Crippen molar-refractivity contribution in [3.05, 3.63) is 34.9 Å². The van der Waals surface area contributed by atoms with Gasteiger partial charge in [-0.3, -0.25) is 0 Å². The second kappa shape index (κ2) is 3.96. The normalized spacial score (nSPS) is 17.2. The minimum Gasteiger partial charge on any atom is -0.211 e. The summed E-state index contributed by atoms with van der Waals surface area (Å²) in [6, 6.07) is 0.130. The van der Waals surface area contributed by atoms with Crippen LogP contribution in [0.4, 0.5) is 17.6 Å². The van der Waals surface area contributed by atoms with Gasteiger partial charge in [0.15, 0.2) is 23.3 Å². The number of isocyanates is 1. The van der Waals surface area contributed by atoms with E-state index in [1.807, 2.05) is 0 Å². The number of nitrogens with zero attached hydrogens (tertiary/aromatic N) is 1. The molecule has 0 heterocycles. The third-order valence-electron chi connectivity index (χ3n) is 3.02. The van der Waals surface area contributed by atoms with Gasteiger partial charge in [-0.1, -0.05) is 0 Å². The maximum absolute atomic E-state index is 13.5. The highest BCUT2D eigenvalue weighted by molar-refractivity contribution is 5.40. The van der Waals surface area contributed by atoms with E-state index in [4.69, 9.17) is 0 Å². The van der Waals surface area contributed by atoms with E-state index in [2.05, 4.69) is 4.99 Å². The second-order valence-corrected chi connectivity index (χ2v) is 3.93. The molecule has 0 aliphatic heterocycles. The summed E-state index contributed by atoms with van der Waals surface area (Å²) in [7, 11) is 0. The van der Waals surface area contributed by atoms with E-state index in [9.17, 15) is 22.4 Å². The average Bonchev–Trinajstić information content (AvgIpc) is 2.23. The Morgan fingerprint density at radius 1 is 1.12 bits per heavy atom. The highest BCUT2D eigenvalue weighted by Gasteiger charge is 2.44. The van der Waals surface area contributed by atoms with Crippen LogP contribution in [-0.4, -0.2) is 6.08 Å². The number of hydrogen-bond acceptors (Lipinski definition) is 2. The monoisotopic (exact) mass is 245 g/mol. The summed E-state index contributed by atoms with van der Waals surface area (Å²) in [6.45, 7) is 0. The molecule has 6 heteroatoms. The Balaban J connectivity index is 2.69. The minimum atomic E-state index is -1.50. The van der Waals surface area contributed by atoms with Crippen LogP contribution >= 0.6 is 0 Å². The summed E-state index contributed by atoms with van der Waals surface area (Å²) >= 11 is 0. The number of carbonyl (C=O) groups excluding carboxylic acids is 1. The van der Waals surface area contributed by atoms with Gasteiger partial charge < -0.3 is 0 Å². The smallest absolute Gasteiger partial charge is 0.211 e. The largest absolute Gasteiger partial charge is 0.235 e. The minimum absolute atomic E-state index is 0.130. The van der Waals surface area contributed by atoms with Crippen LogP contribution in [0.15, 0.2) is 11.1 Å². The van der Waals surface area contributed by atoms with Crippen LogP contribution in [0, 0.1) is 23.3 Å². The summed E-state index contributed by atoms with van der Waals surface area (Å²) in [4.78, 5) is 13.6. The third kappa shape index (κ3) is 1.65. The Morgan fingerprint density at radius 3 is 2.00 bits per heavy atom. The molecule has 0 unspecified atom stereocenters. The summed E-state index contributed by atoms with van der Waals surface area (Å²) < 4.78 is 53.1. The number of rotatable bonds is 2. The first kappa shape index (κ1) is 11.8. The van der Waals surface area contributed by atoms with E-state index in [0.29, 0.717) is 6.42 Å². The van der Waals surface area contributed by atoms with Crippen molar-refractivity contribution in [1.82, 2.24) is 0 Å². The maximum atomic E-state index is 13.5. The molecule has 0 saturated heterocycles. The van der Waals surface area contributed by atoms with Gasteiger partial charge in [-0.25, -0.2) is 22.4 Å². The molecule has 1 saturated carbocycles. The first-order valence-corrected chi connectivity index (χ1v) is 4.94. The first-order valence-electron chi connectivity index (χ1n) is 4.94. The molecule has 2 nitrogen and oxygen atoms in total. The van der Waals surface area contributed by atoms with Crippen molar-refractivity contribution in [3.63, 3.8) is 0 Å². The van der Waals surface area contributed by atoms with Gasteiger partial charge >= 0.3 is 0 Å². The van der Waals surface area contributed by atoms with Crippen molar-refractivity contribution in [2.24, 2.45) is 4.99 Å². The van der Waals surface area contributed by atoms with Gasteiger partial charge in [-0.05, 0) is 19.3 Å². The van der Waals surface area contributed by atoms with Crippen molar-refractivity contribution in [1.29, 1.82) is 0 Å². The maximum Gasteiger partial charge on any atom is 0.235 e. The lowest BCUT2D eigenvalue weighted by Gasteiger charge is -2.37. The molecule has 0 atom stereocenters. The number of benzene rings is 1. The predicted octanol–water partition coefficient (Wildman–Crippen LogP) is 2.96. The molecule has 1 aliphatic carbocycles. The molecule has 0 aromatic heterocycles. The molecule has 1 fully saturated rings. The Hall–Kier alpha value is -1.68. The summed E-state index contributed by atoms with van der Waals surface area (Å²) in [5.41, 5.74) is -2.32. The van der Waals surface area contributed by atoms with E-state index in [0.717, 1.165) is 0 Å². The molecule has 1 aromatic carbocycles. The molecule has 0 amide bonds. The molecular weight excluding hydrogens is 238 g/mol. The molecule has 0 bridgehead atoms. The SMILES string of the molecule is O=C=NC1(c2c(F)c(F)cc(F)c2F)CCC1. The highest BCUT2D eigenvalue weighted by atomic mass is 19.2. The second-order valence-electron chi connectivity index (χ2n) is 3.93. The van der Waals surface area contributed by atoms with E-state index >= 15 is 0 Å². The van der Waals surface area contributed by atoms with E-state index < -0.39 is 34.4 Å². The Bertz CT molecular complexity index is 492. The molecule has 90 valence electrons. The lowest BCUT2D eigenvalue weighted by Crippen LogP contribution is -2.34. The summed E-state index contributed by atoms with van der Waals surface area (Å²) in [5, 5.41) is 0. The van der Waals surface area contributed by atoms with Gasteiger partial charge in [0, 0.05) is 6.07 Å². The predicted molar refractivity (Wildman–Crippen MR) is 49.9 cm³/mol. The van der Waals surface area contributed by atoms with Crippen LogP contribution in [0.2, 0.25) is 0 Å². The van der Waals surface area contributed by atoms with Crippen molar-refractivity contribution in [2.45, 2.75) is 24.8 Å². The van der Waals surface area contributed by atoms with Crippen LogP contribution in [0.25, 0.3) is 0 Å². The van der Waals surface area contributed by atoms with Crippen molar-refractivity contribution < 1.29 is 22.4 Å². The van der Waals surface area contributed by atoms with Crippen molar-refractivity contribution in [3.8, 4) is 0 Å². The summed E-state index contributed by atoms with van der Waals surface area (Å²) in [5.74, 6) is -5.98. The van der Waals surface area contributed by atoms with E-state index in [-0.39, 0.29) is 18.9 Å². The molecular formula is C11H7F4NO.